The summed E-state index contributed by atoms with van der Waals surface area (Å²) in [5, 5.41) is 8.51. The van der Waals surface area contributed by atoms with Gasteiger partial charge in [0.05, 0.1) is 4.90 Å². The van der Waals surface area contributed by atoms with Crippen LogP contribution in [0.25, 0.3) is 0 Å². The second-order valence-electron chi connectivity index (χ2n) is 5.06. The van der Waals surface area contributed by atoms with Crippen molar-refractivity contribution in [2.24, 2.45) is 17.0 Å². The molecule has 0 amide bonds. The van der Waals surface area contributed by atoms with Gasteiger partial charge in [0.15, 0.2) is 0 Å². The number of nitrogens with one attached hydrogen (secondary N) is 1. The van der Waals surface area contributed by atoms with Crippen LogP contribution < -0.4 is 10.5 Å². The molecule has 0 aromatic heterocycles. The van der Waals surface area contributed by atoms with Gasteiger partial charge in [-0.2, -0.15) is 0 Å². The Labute approximate surface area is 107 Å². The summed E-state index contributed by atoms with van der Waals surface area (Å²) >= 11 is 0. The highest BCUT2D eigenvalue weighted by molar-refractivity contribution is 7.89. The second kappa shape index (κ2) is 4.10. The van der Waals surface area contributed by atoms with Crippen molar-refractivity contribution in [2.75, 3.05) is 5.32 Å². The third-order valence-corrected chi connectivity index (χ3v) is 4.79. The molecule has 3 N–H and O–H groups in total. The van der Waals surface area contributed by atoms with Crippen LogP contribution in [0, 0.1) is 11.8 Å². The van der Waals surface area contributed by atoms with E-state index < -0.39 is 10.0 Å². The van der Waals surface area contributed by atoms with Gasteiger partial charge in [-0.3, -0.25) is 0 Å². The molecule has 4 nitrogen and oxygen atoms in total. The summed E-state index contributed by atoms with van der Waals surface area (Å²) in [6, 6.07) is 7.12. The first-order valence-electron chi connectivity index (χ1n) is 6.10. The smallest absolute Gasteiger partial charge is 0.238 e. The lowest BCUT2D eigenvalue weighted by Gasteiger charge is -2.41. The summed E-state index contributed by atoms with van der Waals surface area (Å²) in [6.45, 7) is 0. The van der Waals surface area contributed by atoms with Gasteiger partial charge in [0, 0.05) is 17.6 Å². The standard InChI is InChI=1S/C13H16N2O2S/c14-18(16,17)11-5-2-4-10(8-11)15-13-7-9-3-1-6-12(9)13/h1-2,4-6,8-9,12-13,15H,3,7H2,(H2,14,16,17). The van der Waals surface area contributed by atoms with Crippen molar-refractivity contribution in [3.05, 3.63) is 36.4 Å². The Morgan fingerprint density at radius 3 is 2.89 bits per heavy atom. The third-order valence-electron chi connectivity index (χ3n) is 3.88. The minimum absolute atomic E-state index is 0.158. The zero-order valence-corrected chi connectivity index (χ0v) is 10.7. The molecule has 2 aliphatic carbocycles. The number of hydrogen-bond acceptors (Lipinski definition) is 3. The first-order valence-corrected chi connectivity index (χ1v) is 7.65. The molecule has 0 aliphatic heterocycles. The average molecular weight is 264 g/mol. The van der Waals surface area contributed by atoms with Gasteiger partial charge in [-0.1, -0.05) is 18.2 Å². The van der Waals surface area contributed by atoms with Crippen LogP contribution in [0.1, 0.15) is 12.8 Å². The molecule has 0 saturated heterocycles. The van der Waals surface area contributed by atoms with Gasteiger partial charge in [-0.05, 0) is 37.0 Å². The molecule has 0 radical (unpaired) electrons. The molecule has 18 heavy (non-hydrogen) atoms. The Morgan fingerprint density at radius 1 is 1.33 bits per heavy atom. The Morgan fingerprint density at radius 2 is 2.17 bits per heavy atom. The number of benzene rings is 1. The highest BCUT2D eigenvalue weighted by Crippen LogP contribution is 2.44. The van der Waals surface area contributed by atoms with Crippen molar-refractivity contribution >= 4 is 15.7 Å². The predicted molar refractivity (Wildman–Crippen MR) is 70.6 cm³/mol. The lowest BCUT2D eigenvalue weighted by molar-refractivity contribution is 0.218. The second-order valence-corrected chi connectivity index (χ2v) is 6.62. The number of sulfonamides is 1. The van der Waals surface area contributed by atoms with Gasteiger partial charge >= 0.3 is 0 Å². The van der Waals surface area contributed by atoms with Crippen LogP contribution >= 0.6 is 0 Å². The van der Waals surface area contributed by atoms with Gasteiger partial charge in [0.1, 0.15) is 0 Å². The van der Waals surface area contributed by atoms with Crippen LogP contribution in [0.2, 0.25) is 0 Å². The minimum atomic E-state index is -3.62. The van der Waals surface area contributed by atoms with Crippen molar-refractivity contribution in [1.82, 2.24) is 0 Å². The highest BCUT2D eigenvalue weighted by Gasteiger charge is 2.40. The summed E-state index contributed by atoms with van der Waals surface area (Å²) in [5.41, 5.74) is 0.824. The maximum atomic E-state index is 11.3. The Hall–Kier alpha value is -1.33. The lowest BCUT2D eigenvalue weighted by Crippen LogP contribution is -2.43. The molecule has 5 heteroatoms. The zero-order valence-electron chi connectivity index (χ0n) is 9.91. The fourth-order valence-corrected chi connectivity index (χ4v) is 3.42. The number of anilines is 1. The quantitative estimate of drug-likeness (QED) is 0.816. The molecule has 0 heterocycles. The molecule has 0 spiro atoms. The van der Waals surface area contributed by atoms with E-state index >= 15 is 0 Å². The number of rotatable bonds is 3. The summed E-state index contributed by atoms with van der Waals surface area (Å²) in [6.07, 6.45) is 6.82. The lowest BCUT2D eigenvalue weighted by atomic mass is 9.71. The number of allylic oxidation sites excluding steroid dienone is 1. The van der Waals surface area contributed by atoms with Crippen LogP contribution in [-0.4, -0.2) is 14.5 Å². The summed E-state index contributed by atoms with van der Waals surface area (Å²) in [5.74, 6) is 1.38. The Balaban J connectivity index is 1.76. The molecule has 3 rings (SSSR count). The van der Waals surface area contributed by atoms with Crippen molar-refractivity contribution in [3.63, 3.8) is 0 Å². The fraction of sp³-hybridized carbons (Fsp3) is 0.385. The molecular formula is C13H16N2O2S. The fourth-order valence-electron chi connectivity index (χ4n) is 2.86. The van der Waals surface area contributed by atoms with E-state index in [0.717, 1.165) is 18.0 Å². The van der Waals surface area contributed by atoms with Crippen LogP contribution in [0.4, 0.5) is 5.69 Å². The normalized spacial score (nSPS) is 29.7. The van der Waals surface area contributed by atoms with E-state index in [1.807, 2.05) is 6.07 Å². The summed E-state index contributed by atoms with van der Waals surface area (Å²) < 4.78 is 22.6. The van der Waals surface area contributed by atoms with E-state index in [9.17, 15) is 8.42 Å². The summed E-state index contributed by atoms with van der Waals surface area (Å²) in [7, 11) is -3.62. The number of primary sulfonamides is 1. The Bertz CT molecular complexity index is 595. The monoisotopic (exact) mass is 264 g/mol. The van der Waals surface area contributed by atoms with E-state index in [1.54, 1.807) is 12.1 Å². The van der Waals surface area contributed by atoms with Crippen LogP contribution in [-0.2, 0) is 10.0 Å². The van der Waals surface area contributed by atoms with Gasteiger partial charge in [0.2, 0.25) is 10.0 Å². The first-order chi connectivity index (χ1) is 8.54. The van der Waals surface area contributed by atoms with Crippen molar-refractivity contribution in [3.8, 4) is 0 Å². The summed E-state index contributed by atoms with van der Waals surface area (Å²) in [4.78, 5) is 0.158. The molecule has 96 valence electrons. The minimum Gasteiger partial charge on any atom is -0.382 e. The molecule has 2 aliphatic rings. The van der Waals surface area contributed by atoms with E-state index in [1.165, 1.54) is 12.5 Å². The Kier molecular flexibility index (Phi) is 2.68. The van der Waals surface area contributed by atoms with Gasteiger partial charge in [-0.15, -0.1) is 0 Å². The van der Waals surface area contributed by atoms with E-state index in [0.29, 0.717) is 12.0 Å². The van der Waals surface area contributed by atoms with Crippen LogP contribution in [0.15, 0.2) is 41.3 Å². The van der Waals surface area contributed by atoms with Gasteiger partial charge < -0.3 is 5.32 Å². The number of hydrogen-bond donors (Lipinski definition) is 2. The topological polar surface area (TPSA) is 72.2 Å². The molecule has 3 atom stereocenters. The molecular weight excluding hydrogens is 248 g/mol. The molecule has 0 bridgehead atoms. The average Bonchev–Trinajstić information content (AvgIpc) is 2.67. The van der Waals surface area contributed by atoms with Crippen LogP contribution in [0.5, 0.6) is 0 Å². The first kappa shape index (κ1) is 11.7. The maximum absolute atomic E-state index is 11.3. The number of fused-ring (bicyclic) bond motifs is 1. The molecule has 1 fully saturated rings. The molecule has 1 aromatic carbocycles. The van der Waals surface area contributed by atoms with E-state index in [2.05, 4.69) is 17.5 Å². The van der Waals surface area contributed by atoms with Gasteiger partial charge in [0.25, 0.3) is 0 Å². The van der Waals surface area contributed by atoms with E-state index in [4.69, 9.17) is 5.14 Å². The van der Waals surface area contributed by atoms with Crippen molar-refractivity contribution < 1.29 is 8.42 Å². The highest BCUT2D eigenvalue weighted by atomic mass is 32.2. The SMILES string of the molecule is NS(=O)(=O)c1cccc(NC2CC3CC=CC32)c1. The molecule has 3 unspecified atom stereocenters. The maximum Gasteiger partial charge on any atom is 0.238 e. The molecule has 1 aromatic rings. The predicted octanol–water partition coefficient (Wildman–Crippen LogP) is 1.71. The van der Waals surface area contributed by atoms with Crippen molar-refractivity contribution in [1.29, 1.82) is 0 Å². The zero-order chi connectivity index (χ0) is 12.8. The van der Waals surface area contributed by atoms with Gasteiger partial charge in [-0.25, -0.2) is 13.6 Å². The largest absolute Gasteiger partial charge is 0.382 e. The van der Waals surface area contributed by atoms with Crippen molar-refractivity contribution in [2.45, 2.75) is 23.8 Å². The number of nitrogens with two attached hydrogens (primary N) is 1. The third kappa shape index (κ3) is 2.04. The molecule has 1 saturated carbocycles. The van der Waals surface area contributed by atoms with E-state index in [-0.39, 0.29) is 4.90 Å². The van der Waals surface area contributed by atoms with Crippen LogP contribution in [0.3, 0.4) is 0 Å².